The van der Waals surface area contributed by atoms with Crippen molar-refractivity contribution in [1.29, 1.82) is 0 Å². The molecule has 2 nitrogen and oxygen atoms in total. The van der Waals surface area contributed by atoms with Gasteiger partial charge in [-0.2, -0.15) is 0 Å². The summed E-state index contributed by atoms with van der Waals surface area (Å²) < 4.78 is 0. The number of hydrogen-bond donors (Lipinski definition) is 0. The highest BCUT2D eigenvalue weighted by Gasteiger charge is 2.03. The lowest BCUT2D eigenvalue weighted by molar-refractivity contribution is 0.605. The zero-order valence-corrected chi connectivity index (χ0v) is 17.3. The fraction of sp³-hybridized carbons (Fsp3) is 0.385. The molecule has 0 radical (unpaired) electrons. The quantitative estimate of drug-likeness (QED) is 0.350. The minimum absolute atomic E-state index is 0.979. The standard InChI is InChI=1S/C26H32N2/c1-3-5-6-7-8-9-10-25-17-15-24(20-27-25)26-18-16-23(19-28-26)22-13-11-21(4-2)12-14-22/h11-20H,3-10H2,1-2H3. The maximum atomic E-state index is 4.66. The van der Waals surface area contributed by atoms with Crippen LogP contribution in [0.3, 0.4) is 0 Å². The normalized spacial score (nSPS) is 10.9. The average molecular weight is 373 g/mol. The molecule has 2 heteroatoms. The number of aromatic nitrogens is 2. The van der Waals surface area contributed by atoms with Gasteiger partial charge in [-0.3, -0.25) is 9.97 Å². The highest BCUT2D eigenvalue weighted by molar-refractivity contribution is 5.66. The van der Waals surface area contributed by atoms with Gasteiger partial charge in [-0.1, -0.05) is 76.3 Å². The molecule has 0 fully saturated rings. The van der Waals surface area contributed by atoms with Crippen molar-refractivity contribution in [3.63, 3.8) is 0 Å². The predicted octanol–water partition coefficient (Wildman–Crippen LogP) is 7.28. The van der Waals surface area contributed by atoms with Crippen molar-refractivity contribution in [3.05, 3.63) is 72.2 Å². The van der Waals surface area contributed by atoms with Crippen molar-refractivity contribution < 1.29 is 0 Å². The molecule has 0 aliphatic heterocycles. The van der Waals surface area contributed by atoms with Gasteiger partial charge in [0.25, 0.3) is 0 Å². The van der Waals surface area contributed by atoms with E-state index in [2.05, 4.69) is 72.3 Å². The molecule has 0 saturated heterocycles. The molecule has 0 aliphatic rings. The van der Waals surface area contributed by atoms with Gasteiger partial charge in [-0.05, 0) is 48.6 Å². The van der Waals surface area contributed by atoms with Crippen LogP contribution < -0.4 is 0 Å². The second-order valence-electron chi connectivity index (χ2n) is 7.54. The van der Waals surface area contributed by atoms with Gasteiger partial charge < -0.3 is 0 Å². The lowest BCUT2D eigenvalue weighted by atomic mass is 10.0. The minimum atomic E-state index is 0.979. The van der Waals surface area contributed by atoms with Gasteiger partial charge in [-0.25, -0.2) is 0 Å². The topological polar surface area (TPSA) is 25.8 Å². The van der Waals surface area contributed by atoms with Crippen LogP contribution in [0.4, 0.5) is 0 Å². The number of hydrogen-bond acceptors (Lipinski definition) is 2. The number of nitrogens with zero attached hydrogens (tertiary/aromatic N) is 2. The molecule has 0 unspecified atom stereocenters. The maximum Gasteiger partial charge on any atom is 0.0717 e. The fourth-order valence-electron chi connectivity index (χ4n) is 3.48. The summed E-state index contributed by atoms with van der Waals surface area (Å²) in [6.45, 7) is 4.44. The average Bonchev–Trinajstić information content (AvgIpc) is 2.77. The molecule has 0 bridgehead atoms. The highest BCUT2D eigenvalue weighted by atomic mass is 14.7. The van der Waals surface area contributed by atoms with Gasteiger partial charge in [-0.15, -0.1) is 0 Å². The Morgan fingerprint density at radius 1 is 0.607 bits per heavy atom. The molecule has 28 heavy (non-hydrogen) atoms. The zero-order valence-electron chi connectivity index (χ0n) is 17.3. The van der Waals surface area contributed by atoms with Crippen LogP contribution in [-0.2, 0) is 12.8 Å². The van der Waals surface area contributed by atoms with Crippen LogP contribution in [0, 0.1) is 0 Å². The van der Waals surface area contributed by atoms with Crippen molar-refractivity contribution in [2.24, 2.45) is 0 Å². The maximum absolute atomic E-state index is 4.66. The first-order valence-corrected chi connectivity index (χ1v) is 10.8. The van der Waals surface area contributed by atoms with E-state index in [4.69, 9.17) is 0 Å². The van der Waals surface area contributed by atoms with Crippen LogP contribution in [0.1, 0.15) is 63.6 Å². The van der Waals surface area contributed by atoms with E-state index >= 15 is 0 Å². The van der Waals surface area contributed by atoms with Crippen LogP contribution in [-0.4, -0.2) is 9.97 Å². The molecule has 0 aliphatic carbocycles. The molecule has 0 atom stereocenters. The molecule has 2 heterocycles. The number of rotatable bonds is 10. The molecule has 146 valence electrons. The van der Waals surface area contributed by atoms with Gasteiger partial charge in [0.1, 0.15) is 0 Å². The highest BCUT2D eigenvalue weighted by Crippen LogP contribution is 2.23. The zero-order chi connectivity index (χ0) is 19.6. The van der Waals surface area contributed by atoms with Crippen LogP contribution in [0.25, 0.3) is 22.4 Å². The van der Waals surface area contributed by atoms with E-state index in [1.165, 1.54) is 55.3 Å². The Kier molecular flexibility index (Phi) is 7.78. The van der Waals surface area contributed by atoms with Crippen molar-refractivity contribution in [3.8, 4) is 22.4 Å². The first-order valence-electron chi connectivity index (χ1n) is 10.8. The SMILES string of the molecule is CCCCCCCCc1ccc(-c2ccc(-c3ccc(CC)cc3)cn2)cn1. The molecule has 2 aromatic heterocycles. The monoisotopic (exact) mass is 372 g/mol. The number of benzene rings is 1. The summed E-state index contributed by atoms with van der Waals surface area (Å²) in [5, 5.41) is 0. The first-order chi connectivity index (χ1) is 13.8. The Labute approximate surface area is 170 Å². The van der Waals surface area contributed by atoms with E-state index in [-0.39, 0.29) is 0 Å². The van der Waals surface area contributed by atoms with Crippen LogP contribution in [0.2, 0.25) is 0 Å². The Bertz CT molecular complexity index is 818. The summed E-state index contributed by atoms with van der Waals surface area (Å²) in [6, 6.07) is 17.3. The molecular formula is C26H32N2. The summed E-state index contributed by atoms with van der Waals surface area (Å²) in [6.07, 6.45) is 14.0. The van der Waals surface area contributed by atoms with Crippen LogP contribution >= 0.6 is 0 Å². The van der Waals surface area contributed by atoms with Crippen molar-refractivity contribution >= 4 is 0 Å². The Hall–Kier alpha value is -2.48. The summed E-state index contributed by atoms with van der Waals surface area (Å²) in [4.78, 5) is 9.31. The molecule has 1 aromatic carbocycles. The second-order valence-corrected chi connectivity index (χ2v) is 7.54. The number of aryl methyl sites for hydroxylation is 2. The van der Waals surface area contributed by atoms with Gasteiger partial charge in [0, 0.05) is 29.2 Å². The minimum Gasteiger partial charge on any atom is -0.261 e. The molecule has 0 saturated carbocycles. The molecule has 3 rings (SSSR count). The van der Waals surface area contributed by atoms with Gasteiger partial charge >= 0.3 is 0 Å². The van der Waals surface area contributed by atoms with Crippen molar-refractivity contribution in [2.45, 2.75) is 65.2 Å². The fourth-order valence-corrected chi connectivity index (χ4v) is 3.48. The summed E-state index contributed by atoms with van der Waals surface area (Å²) in [7, 11) is 0. The third kappa shape index (κ3) is 5.76. The third-order valence-corrected chi connectivity index (χ3v) is 5.37. The van der Waals surface area contributed by atoms with Gasteiger partial charge in [0.2, 0.25) is 0 Å². The molecule has 0 amide bonds. The number of unbranched alkanes of at least 4 members (excludes halogenated alkanes) is 5. The predicted molar refractivity (Wildman–Crippen MR) is 119 cm³/mol. The Morgan fingerprint density at radius 2 is 1.29 bits per heavy atom. The summed E-state index contributed by atoms with van der Waals surface area (Å²) >= 11 is 0. The van der Waals surface area contributed by atoms with Gasteiger partial charge in [0.15, 0.2) is 0 Å². The number of pyridine rings is 2. The smallest absolute Gasteiger partial charge is 0.0717 e. The Balaban J connectivity index is 1.56. The lowest BCUT2D eigenvalue weighted by Gasteiger charge is -2.06. The molecule has 0 spiro atoms. The van der Waals surface area contributed by atoms with Crippen molar-refractivity contribution in [2.75, 3.05) is 0 Å². The molecular weight excluding hydrogens is 340 g/mol. The lowest BCUT2D eigenvalue weighted by Crippen LogP contribution is -1.92. The Morgan fingerprint density at radius 3 is 1.93 bits per heavy atom. The van der Waals surface area contributed by atoms with Gasteiger partial charge in [0.05, 0.1) is 5.69 Å². The van der Waals surface area contributed by atoms with E-state index in [0.29, 0.717) is 0 Å². The van der Waals surface area contributed by atoms with E-state index in [1.807, 2.05) is 12.4 Å². The van der Waals surface area contributed by atoms with Crippen molar-refractivity contribution in [1.82, 2.24) is 9.97 Å². The largest absolute Gasteiger partial charge is 0.261 e. The van der Waals surface area contributed by atoms with E-state index in [9.17, 15) is 0 Å². The van der Waals surface area contributed by atoms with E-state index in [1.54, 1.807) is 0 Å². The first kappa shape index (κ1) is 20.3. The third-order valence-electron chi connectivity index (χ3n) is 5.37. The van der Waals surface area contributed by atoms with E-state index < -0.39 is 0 Å². The second kappa shape index (κ2) is 10.8. The molecule has 3 aromatic rings. The summed E-state index contributed by atoms with van der Waals surface area (Å²) in [5.41, 5.74) is 6.97. The summed E-state index contributed by atoms with van der Waals surface area (Å²) in [5.74, 6) is 0. The van der Waals surface area contributed by atoms with Crippen LogP contribution in [0.15, 0.2) is 60.9 Å². The molecule has 0 N–H and O–H groups in total. The van der Waals surface area contributed by atoms with Crippen LogP contribution in [0.5, 0.6) is 0 Å². The van der Waals surface area contributed by atoms with E-state index in [0.717, 1.165) is 29.7 Å².